The third-order valence-electron chi connectivity index (χ3n) is 5.14. The van der Waals surface area contributed by atoms with Crippen molar-refractivity contribution in [3.63, 3.8) is 0 Å². The van der Waals surface area contributed by atoms with Crippen LogP contribution >= 0.6 is 0 Å². The summed E-state index contributed by atoms with van der Waals surface area (Å²) in [6.45, 7) is 8.04. The first-order valence-electron chi connectivity index (χ1n) is 9.64. The van der Waals surface area contributed by atoms with Gasteiger partial charge in [0, 0.05) is 47.6 Å². The van der Waals surface area contributed by atoms with Gasteiger partial charge in [-0.2, -0.15) is 0 Å². The maximum Gasteiger partial charge on any atom is 0.258 e. The van der Waals surface area contributed by atoms with Crippen LogP contribution in [0.15, 0.2) is 51.9 Å². The SMILES string of the molecule is Cc1cc2c(cn1)cc(-c1cc(Nc3cc(C(C)C)on3)ccc1C)c(=O)n2C. The number of aromatic nitrogens is 3. The second-order valence-electron chi connectivity index (χ2n) is 7.73. The third kappa shape index (κ3) is 3.53. The Hall–Kier alpha value is -3.41. The van der Waals surface area contributed by atoms with Gasteiger partial charge in [-0.25, -0.2) is 0 Å². The number of hydrogen-bond acceptors (Lipinski definition) is 5. The molecule has 0 bridgehead atoms. The topological polar surface area (TPSA) is 73.0 Å². The fourth-order valence-corrected chi connectivity index (χ4v) is 3.42. The van der Waals surface area contributed by atoms with Crippen molar-refractivity contribution < 1.29 is 4.52 Å². The minimum absolute atomic E-state index is 0.0353. The summed E-state index contributed by atoms with van der Waals surface area (Å²) in [5.74, 6) is 1.74. The molecular weight excluding hydrogens is 364 g/mol. The standard InChI is InChI=1S/C23H24N4O2/c1-13(2)21-11-22(26-29-21)25-17-7-6-14(3)18(10-17)19-9-16-12-24-15(4)8-20(16)27(5)23(19)28/h6-13H,1-5H3,(H,25,26). The Morgan fingerprint density at radius 2 is 1.86 bits per heavy atom. The van der Waals surface area contributed by atoms with Gasteiger partial charge < -0.3 is 14.4 Å². The lowest BCUT2D eigenvalue weighted by molar-refractivity contribution is 0.373. The molecule has 1 aromatic carbocycles. The highest BCUT2D eigenvalue weighted by Crippen LogP contribution is 2.28. The molecule has 0 atom stereocenters. The smallest absolute Gasteiger partial charge is 0.258 e. The third-order valence-corrected chi connectivity index (χ3v) is 5.14. The quantitative estimate of drug-likeness (QED) is 0.528. The number of nitrogens with one attached hydrogen (secondary N) is 1. The van der Waals surface area contributed by atoms with Crippen LogP contribution in [-0.2, 0) is 7.05 Å². The molecule has 148 valence electrons. The van der Waals surface area contributed by atoms with E-state index in [2.05, 4.69) is 29.3 Å². The summed E-state index contributed by atoms with van der Waals surface area (Å²) in [7, 11) is 1.80. The number of nitrogens with zero attached hydrogens (tertiary/aromatic N) is 3. The lowest BCUT2D eigenvalue weighted by atomic mass is 9.99. The van der Waals surface area contributed by atoms with E-state index in [0.29, 0.717) is 11.4 Å². The molecule has 0 amide bonds. The molecule has 3 aromatic heterocycles. The molecule has 29 heavy (non-hydrogen) atoms. The zero-order valence-corrected chi connectivity index (χ0v) is 17.3. The van der Waals surface area contributed by atoms with Crippen LogP contribution in [0.5, 0.6) is 0 Å². The van der Waals surface area contributed by atoms with Crippen molar-refractivity contribution in [1.82, 2.24) is 14.7 Å². The van der Waals surface area contributed by atoms with Crippen molar-refractivity contribution in [1.29, 1.82) is 0 Å². The Morgan fingerprint density at radius 1 is 1.07 bits per heavy atom. The van der Waals surface area contributed by atoms with Gasteiger partial charge in [0.25, 0.3) is 5.56 Å². The summed E-state index contributed by atoms with van der Waals surface area (Å²) in [5.41, 5.74) is 5.12. The molecule has 4 rings (SSSR count). The summed E-state index contributed by atoms with van der Waals surface area (Å²) in [5, 5.41) is 8.28. The first kappa shape index (κ1) is 18.9. The lowest BCUT2D eigenvalue weighted by Crippen LogP contribution is -2.19. The molecule has 0 fully saturated rings. The summed E-state index contributed by atoms with van der Waals surface area (Å²) in [6, 6.07) is 11.7. The van der Waals surface area contributed by atoms with Crippen molar-refractivity contribution in [3.8, 4) is 11.1 Å². The molecular formula is C23H24N4O2. The van der Waals surface area contributed by atoms with Gasteiger partial charge in [0.15, 0.2) is 5.82 Å². The van der Waals surface area contributed by atoms with E-state index in [-0.39, 0.29) is 11.5 Å². The highest BCUT2D eigenvalue weighted by atomic mass is 16.5. The molecule has 0 aliphatic carbocycles. The van der Waals surface area contributed by atoms with Gasteiger partial charge in [-0.05, 0) is 49.2 Å². The summed E-state index contributed by atoms with van der Waals surface area (Å²) in [6.07, 6.45) is 1.81. The van der Waals surface area contributed by atoms with E-state index in [4.69, 9.17) is 4.52 Å². The molecule has 0 aliphatic rings. The predicted molar refractivity (Wildman–Crippen MR) is 116 cm³/mol. The monoisotopic (exact) mass is 388 g/mol. The summed E-state index contributed by atoms with van der Waals surface area (Å²) in [4.78, 5) is 17.5. The second kappa shape index (κ2) is 7.20. The van der Waals surface area contributed by atoms with E-state index in [0.717, 1.165) is 39.2 Å². The van der Waals surface area contributed by atoms with E-state index < -0.39 is 0 Å². The zero-order chi connectivity index (χ0) is 20.7. The van der Waals surface area contributed by atoms with Crippen molar-refractivity contribution in [2.24, 2.45) is 7.05 Å². The number of benzene rings is 1. The highest BCUT2D eigenvalue weighted by Gasteiger charge is 2.13. The number of pyridine rings is 2. The number of anilines is 2. The van der Waals surface area contributed by atoms with Gasteiger partial charge >= 0.3 is 0 Å². The Bertz CT molecular complexity index is 1270. The van der Waals surface area contributed by atoms with E-state index in [1.165, 1.54) is 0 Å². The van der Waals surface area contributed by atoms with Gasteiger partial charge in [-0.1, -0.05) is 25.1 Å². The average Bonchev–Trinajstić information content (AvgIpc) is 3.16. The molecule has 4 aromatic rings. The molecule has 0 spiro atoms. The van der Waals surface area contributed by atoms with Crippen LogP contribution in [0, 0.1) is 13.8 Å². The summed E-state index contributed by atoms with van der Waals surface area (Å²) >= 11 is 0. The van der Waals surface area contributed by atoms with Crippen molar-refractivity contribution in [3.05, 3.63) is 70.0 Å². The Morgan fingerprint density at radius 3 is 2.59 bits per heavy atom. The fourth-order valence-electron chi connectivity index (χ4n) is 3.42. The first-order chi connectivity index (χ1) is 13.8. The molecule has 0 saturated heterocycles. The van der Waals surface area contributed by atoms with Crippen molar-refractivity contribution in [2.75, 3.05) is 5.32 Å². The zero-order valence-electron chi connectivity index (χ0n) is 17.3. The number of aryl methyl sites for hydroxylation is 3. The number of fused-ring (bicyclic) bond motifs is 1. The van der Waals surface area contributed by atoms with Gasteiger partial charge in [0.1, 0.15) is 5.76 Å². The largest absolute Gasteiger partial charge is 0.359 e. The molecule has 0 unspecified atom stereocenters. The normalized spacial score (nSPS) is 11.4. The van der Waals surface area contributed by atoms with E-state index in [1.54, 1.807) is 11.6 Å². The molecule has 0 radical (unpaired) electrons. The van der Waals surface area contributed by atoms with Crippen LogP contribution in [0.4, 0.5) is 11.5 Å². The average molecular weight is 388 g/mol. The van der Waals surface area contributed by atoms with Crippen LogP contribution in [0.3, 0.4) is 0 Å². The lowest BCUT2D eigenvalue weighted by Gasteiger charge is -2.13. The van der Waals surface area contributed by atoms with Crippen molar-refractivity contribution in [2.45, 2.75) is 33.6 Å². The Balaban J connectivity index is 1.79. The van der Waals surface area contributed by atoms with E-state index in [9.17, 15) is 4.79 Å². The van der Waals surface area contributed by atoms with Gasteiger partial charge in [0.05, 0.1) is 5.52 Å². The van der Waals surface area contributed by atoms with Gasteiger partial charge in [0.2, 0.25) is 0 Å². The number of rotatable bonds is 4. The van der Waals surface area contributed by atoms with E-state index in [1.807, 2.05) is 56.4 Å². The number of hydrogen-bond donors (Lipinski definition) is 1. The second-order valence-corrected chi connectivity index (χ2v) is 7.73. The van der Waals surface area contributed by atoms with Gasteiger partial charge in [-0.15, -0.1) is 0 Å². The first-order valence-corrected chi connectivity index (χ1v) is 9.64. The maximum atomic E-state index is 13.1. The van der Waals surface area contributed by atoms with Crippen LogP contribution in [0.1, 0.15) is 36.8 Å². The molecule has 1 N–H and O–H groups in total. The molecule has 3 heterocycles. The van der Waals surface area contributed by atoms with Gasteiger partial charge in [-0.3, -0.25) is 9.78 Å². The van der Waals surface area contributed by atoms with Crippen molar-refractivity contribution >= 4 is 22.4 Å². The fraction of sp³-hybridized carbons (Fsp3) is 0.261. The van der Waals surface area contributed by atoms with Crippen LogP contribution in [0.2, 0.25) is 0 Å². The highest BCUT2D eigenvalue weighted by molar-refractivity contribution is 5.85. The molecule has 6 heteroatoms. The predicted octanol–water partition coefficient (Wildman–Crippen LogP) is 5.07. The minimum atomic E-state index is -0.0353. The summed E-state index contributed by atoms with van der Waals surface area (Å²) < 4.78 is 7.04. The maximum absolute atomic E-state index is 13.1. The minimum Gasteiger partial charge on any atom is -0.359 e. The van der Waals surface area contributed by atoms with Crippen LogP contribution < -0.4 is 10.9 Å². The Labute approximate surface area is 169 Å². The molecule has 6 nitrogen and oxygen atoms in total. The van der Waals surface area contributed by atoms with E-state index >= 15 is 0 Å². The van der Waals surface area contributed by atoms with Crippen LogP contribution in [0.25, 0.3) is 22.0 Å². The molecule has 0 aliphatic heterocycles. The Kier molecular flexibility index (Phi) is 4.70. The van der Waals surface area contributed by atoms with Crippen LogP contribution in [-0.4, -0.2) is 14.7 Å². The molecule has 0 saturated carbocycles.